The Labute approximate surface area is 166 Å². The van der Waals surface area contributed by atoms with E-state index in [1.54, 1.807) is 53.2 Å². The highest BCUT2D eigenvalue weighted by Crippen LogP contribution is 2.37. The highest BCUT2D eigenvalue weighted by Gasteiger charge is 2.27. The molecule has 0 spiro atoms. The second-order valence-corrected chi connectivity index (χ2v) is 7.09. The van der Waals surface area contributed by atoms with Gasteiger partial charge in [0.05, 0.1) is 24.1 Å². The summed E-state index contributed by atoms with van der Waals surface area (Å²) in [6.07, 6.45) is 1.71. The van der Waals surface area contributed by atoms with E-state index in [0.29, 0.717) is 35.1 Å². The molecule has 3 aromatic rings. The third-order valence-corrected chi connectivity index (χ3v) is 4.99. The van der Waals surface area contributed by atoms with Gasteiger partial charge in [0.15, 0.2) is 0 Å². The lowest BCUT2D eigenvalue weighted by molar-refractivity contribution is 0.0985. The highest BCUT2D eigenvalue weighted by molar-refractivity contribution is 6.31. The largest absolute Gasteiger partial charge is 0.338 e. The van der Waals surface area contributed by atoms with E-state index in [0.717, 1.165) is 11.4 Å². The van der Waals surface area contributed by atoms with Crippen molar-refractivity contribution in [3.63, 3.8) is 0 Å². The molecular formula is C20H19ClFN5O. The van der Waals surface area contributed by atoms with Crippen molar-refractivity contribution in [1.82, 2.24) is 15.1 Å². The summed E-state index contributed by atoms with van der Waals surface area (Å²) >= 11 is 6.16. The predicted octanol–water partition coefficient (Wildman–Crippen LogP) is 3.84. The number of rotatable bonds is 3. The van der Waals surface area contributed by atoms with E-state index < -0.39 is 5.82 Å². The van der Waals surface area contributed by atoms with Crippen LogP contribution < -0.4 is 15.5 Å². The summed E-state index contributed by atoms with van der Waals surface area (Å²) in [7, 11) is 3.57. The van der Waals surface area contributed by atoms with Crippen LogP contribution in [-0.4, -0.2) is 22.7 Å². The van der Waals surface area contributed by atoms with E-state index >= 15 is 0 Å². The van der Waals surface area contributed by atoms with Gasteiger partial charge in [-0.3, -0.25) is 9.48 Å². The van der Waals surface area contributed by atoms with Gasteiger partial charge in [-0.05, 0) is 37.4 Å². The molecule has 0 radical (unpaired) electrons. The van der Waals surface area contributed by atoms with Crippen LogP contribution in [0.5, 0.6) is 0 Å². The van der Waals surface area contributed by atoms with Gasteiger partial charge >= 0.3 is 0 Å². The molecule has 144 valence electrons. The van der Waals surface area contributed by atoms with Crippen LogP contribution >= 0.6 is 11.6 Å². The number of fused-ring (bicyclic) bond motifs is 2. The average molecular weight is 400 g/mol. The molecule has 8 heteroatoms. The fourth-order valence-electron chi connectivity index (χ4n) is 3.34. The number of benzene rings is 2. The molecule has 0 saturated heterocycles. The molecule has 0 aliphatic carbocycles. The smallest absolute Gasteiger partial charge is 0.258 e. The molecule has 2 aromatic carbocycles. The SMILES string of the molecule is CNCc1ccc(C(=O)N2Cc3cnn(C)c3Nc3cc(Cl)ccc32)cc1F. The lowest BCUT2D eigenvalue weighted by atomic mass is 10.1. The van der Waals surface area contributed by atoms with Crippen molar-refractivity contribution in [2.45, 2.75) is 13.1 Å². The van der Waals surface area contributed by atoms with Crippen LogP contribution in [-0.2, 0) is 20.1 Å². The lowest BCUT2D eigenvalue weighted by Crippen LogP contribution is -2.30. The van der Waals surface area contributed by atoms with E-state index in [-0.39, 0.29) is 11.5 Å². The molecule has 6 nitrogen and oxygen atoms in total. The van der Waals surface area contributed by atoms with Crippen molar-refractivity contribution >= 4 is 34.7 Å². The monoisotopic (exact) mass is 399 g/mol. The van der Waals surface area contributed by atoms with Gasteiger partial charge in [0.1, 0.15) is 11.6 Å². The first-order valence-electron chi connectivity index (χ1n) is 8.80. The first kappa shape index (κ1) is 18.5. The number of nitrogens with zero attached hydrogens (tertiary/aromatic N) is 3. The Bertz CT molecular complexity index is 1060. The summed E-state index contributed by atoms with van der Waals surface area (Å²) in [5, 5.41) is 11.0. The molecule has 1 amide bonds. The molecule has 4 rings (SSSR count). The van der Waals surface area contributed by atoms with Crippen molar-refractivity contribution in [2.75, 3.05) is 17.3 Å². The first-order chi connectivity index (χ1) is 13.5. The third-order valence-electron chi connectivity index (χ3n) is 4.76. The molecule has 0 bridgehead atoms. The van der Waals surface area contributed by atoms with E-state index in [1.807, 2.05) is 7.05 Å². The molecule has 0 saturated carbocycles. The van der Waals surface area contributed by atoms with Gasteiger partial charge in [-0.2, -0.15) is 5.10 Å². The van der Waals surface area contributed by atoms with E-state index in [1.165, 1.54) is 6.07 Å². The molecule has 0 fully saturated rings. The normalized spacial score (nSPS) is 12.8. The maximum atomic E-state index is 14.4. The number of nitrogens with one attached hydrogen (secondary N) is 2. The van der Waals surface area contributed by atoms with Crippen molar-refractivity contribution in [3.05, 3.63) is 70.1 Å². The Balaban J connectivity index is 1.78. The number of carbonyl (C=O) groups is 1. The zero-order chi connectivity index (χ0) is 19.8. The minimum Gasteiger partial charge on any atom is -0.338 e. The van der Waals surface area contributed by atoms with Crippen molar-refractivity contribution in [3.8, 4) is 0 Å². The number of carbonyl (C=O) groups excluding carboxylic acids is 1. The molecule has 2 N–H and O–H groups in total. The van der Waals surface area contributed by atoms with Gasteiger partial charge in [-0.25, -0.2) is 4.39 Å². The Morgan fingerprint density at radius 2 is 2.14 bits per heavy atom. The summed E-state index contributed by atoms with van der Waals surface area (Å²) in [6, 6.07) is 9.84. The molecule has 0 atom stereocenters. The van der Waals surface area contributed by atoms with Crippen LogP contribution in [0.3, 0.4) is 0 Å². The van der Waals surface area contributed by atoms with Crippen LogP contribution in [0, 0.1) is 5.82 Å². The van der Waals surface area contributed by atoms with Crippen LogP contribution in [0.2, 0.25) is 5.02 Å². The standard InChI is InChI=1S/C20H19ClFN5O/c1-23-9-13-4-3-12(7-16(13)22)20(28)27-11-14-10-24-26(2)19(14)25-17-8-15(21)5-6-18(17)27/h3-8,10,23,25H,9,11H2,1-2H3. The number of hydrogen-bond donors (Lipinski definition) is 2. The Kier molecular flexibility index (Phi) is 4.78. The van der Waals surface area contributed by atoms with Crippen molar-refractivity contribution in [1.29, 1.82) is 0 Å². The number of halogens is 2. The van der Waals surface area contributed by atoms with Gasteiger partial charge in [-0.1, -0.05) is 17.7 Å². The molecule has 1 aliphatic rings. The summed E-state index contributed by atoms with van der Waals surface area (Å²) < 4.78 is 16.1. The number of amides is 1. The van der Waals surface area contributed by atoms with E-state index in [9.17, 15) is 9.18 Å². The Morgan fingerprint density at radius 3 is 2.89 bits per heavy atom. The Hall–Kier alpha value is -2.90. The predicted molar refractivity (Wildman–Crippen MR) is 108 cm³/mol. The van der Waals surface area contributed by atoms with E-state index in [4.69, 9.17) is 11.6 Å². The summed E-state index contributed by atoms with van der Waals surface area (Å²) in [6.45, 7) is 0.706. The second kappa shape index (κ2) is 7.26. The van der Waals surface area contributed by atoms with Crippen LogP contribution in [0.1, 0.15) is 21.5 Å². The van der Waals surface area contributed by atoms with Crippen molar-refractivity contribution in [2.24, 2.45) is 7.05 Å². The van der Waals surface area contributed by atoms with Gasteiger partial charge in [-0.15, -0.1) is 0 Å². The number of aromatic nitrogens is 2. The van der Waals surface area contributed by atoms with Crippen LogP contribution in [0.15, 0.2) is 42.6 Å². The molecule has 2 heterocycles. The van der Waals surface area contributed by atoms with Crippen molar-refractivity contribution < 1.29 is 9.18 Å². The maximum Gasteiger partial charge on any atom is 0.258 e. The van der Waals surface area contributed by atoms with Gasteiger partial charge in [0.2, 0.25) is 0 Å². The van der Waals surface area contributed by atoms with E-state index in [2.05, 4.69) is 15.7 Å². The minimum atomic E-state index is -0.411. The van der Waals surface area contributed by atoms with Crippen LogP contribution in [0.4, 0.5) is 21.6 Å². The summed E-state index contributed by atoms with van der Waals surface area (Å²) in [5.74, 6) is 0.0814. The summed E-state index contributed by atoms with van der Waals surface area (Å²) in [4.78, 5) is 14.9. The maximum absolute atomic E-state index is 14.4. The molecule has 28 heavy (non-hydrogen) atoms. The fraction of sp³-hybridized carbons (Fsp3) is 0.200. The fourth-order valence-corrected chi connectivity index (χ4v) is 3.51. The zero-order valence-electron chi connectivity index (χ0n) is 15.5. The van der Waals surface area contributed by atoms with Gasteiger partial charge in [0, 0.05) is 35.3 Å². The topological polar surface area (TPSA) is 62.2 Å². The number of aryl methyl sites for hydroxylation is 1. The van der Waals surface area contributed by atoms with Crippen LogP contribution in [0.25, 0.3) is 0 Å². The van der Waals surface area contributed by atoms with Gasteiger partial charge < -0.3 is 15.5 Å². The zero-order valence-corrected chi connectivity index (χ0v) is 16.2. The molecule has 1 aromatic heterocycles. The summed E-state index contributed by atoms with van der Waals surface area (Å²) in [5.41, 5.74) is 3.01. The highest BCUT2D eigenvalue weighted by atomic mass is 35.5. The molecule has 0 unspecified atom stereocenters. The third kappa shape index (κ3) is 3.23. The number of anilines is 3. The average Bonchev–Trinajstić information content (AvgIpc) is 2.92. The van der Waals surface area contributed by atoms with Gasteiger partial charge in [0.25, 0.3) is 5.91 Å². The molecule has 1 aliphatic heterocycles. The Morgan fingerprint density at radius 1 is 1.32 bits per heavy atom. The lowest BCUT2D eigenvalue weighted by Gasteiger charge is -2.23. The second-order valence-electron chi connectivity index (χ2n) is 6.66. The first-order valence-corrected chi connectivity index (χ1v) is 9.18. The number of hydrogen-bond acceptors (Lipinski definition) is 4. The quantitative estimate of drug-likeness (QED) is 0.702. The minimum absolute atomic E-state index is 0.283. The molecular weight excluding hydrogens is 381 g/mol.